The molecule has 0 bridgehead atoms. The molecule has 2 amide bonds. The van der Waals surface area contributed by atoms with E-state index in [-0.39, 0.29) is 12.6 Å². The minimum atomic E-state index is -0.147. The number of amides is 2. The third kappa shape index (κ3) is 3.35. The average Bonchev–Trinajstić information content (AvgIpc) is 2.88. The van der Waals surface area contributed by atoms with Gasteiger partial charge in [0.05, 0.1) is 7.11 Å². The topological polar surface area (TPSA) is 74.7 Å². The highest BCUT2D eigenvalue weighted by Crippen LogP contribution is 2.23. The molecule has 0 aromatic carbocycles. The second-order valence-corrected chi connectivity index (χ2v) is 4.60. The predicted molar refractivity (Wildman–Crippen MR) is 71.2 cm³/mol. The van der Waals surface area contributed by atoms with Gasteiger partial charge in [0, 0.05) is 25.9 Å². The van der Waals surface area contributed by atoms with Crippen LogP contribution in [0.3, 0.4) is 0 Å². The molecule has 1 unspecified atom stereocenters. The molecule has 19 heavy (non-hydrogen) atoms. The molecule has 104 valence electrons. The fourth-order valence-corrected chi connectivity index (χ4v) is 2.28. The Kier molecular flexibility index (Phi) is 4.57. The van der Waals surface area contributed by atoms with Crippen LogP contribution in [0, 0.1) is 5.92 Å². The first-order chi connectivity index (χ1) is 9.24. The van der Waals surface area contributed by atoms with Crippen LogP contribution in [0.1, 0.15) is 12.8 Å². The molecule has 2 N–H and O–H groups in total. The van der Waals surface area contributed by atoms with Gasteiger partial charge in [0.25, 0.3) is 0 Å². The fourth-order valence-electron chi connectivity index (χ4n) is 2.28. The maximum atomic E-state index is 12.1. The SMILES string of the molecule is COc1ncccc1NC(=O)N1CCC(CCO)C1. The van der Waals surface area contributed by atoms with E-state index in [4.69, 9.17) is 9.84 Å². The molecule has 1 aromatic heterocycles. The van der Waals surface area contributed by atoms with Gasteiger partial charge in [0.2, 0.25) is 5.88 Å². The molecular weight excluding hydrogens is 246 g/mol. The smallest absolute Gasteiger partial charge is 0.322 e. The lowest BCUT2D eigenvalue weighted by Crippen LogP contribution is -2.33. The summed E-state index contributed by atoms with van der Waals surface area (Å²) in [7, 11) is 1.52. The van der Waals surface area contributed by atoms with Crippen molar-refractivity contribution >= 4 is 11.7 Å². The molecule has 0 saturated carbocycles. The molecule has 0 spiro atoms. The van der Waals surface area contributed by atoms with E-state index in [0.717, 1.165) is 19.4 Å². The number of hydrogen-bond donors (Lipinski definition) is 2. The van der Waals surface area contributed by atoms with Crippen LogP contribution in [0.25, 0.3) is 0 Å². The standard InChI is InChI=1S/C13H19N3O3/c1-19-12-11(3-2-6-14-12)15-13(18)16-7-4-10(9-16)5-8-17/h2-3,6,10,17H,4-5,7-9H2,1H3,(H,15,18). The quantitative estimate of drug-likeness (QED) is 0.861. The first kappa shape index (κ1) is 13.6. The van der Waals surface area contributed by atoms with Crippen LogP contribution in [-0.2, 0) is 0 Å². The Morgan fingerprint density at radius 2 is 2.53 bits per heavy atom. The number of methoxy groups -OCH3 is 1. The zero-order valence-corrected chi connectivity index (χ0v) is 11.0. The lowest BCUT2D eigenvalue weighted by Gasteiger charge is -2.18. The van der Waals surface area contributed by atoms with Crippen molar-refractivity contribution in [1.82, 2.24) is 9.88 Å². The van der Waals surface area contributed by atoms with Gasteiger partial charge in [-0.25, -0.2) is 9.78 Å². The van der Waals surface area contributed by atoms with Gasteiger partial charge in [-0.3, -0.25) is 0 Å². The third-order valence-corrected chi connectivity index (χ3v) is 3.32. The Bertz CT molecular complexity index is 439. The summed E-state index contributed by atoms with van der Waals surface area (Å²) in [5.41, 5.74) is 0.570. The number of hydrogen-bond acceptors (Lipinski definition) is 4. The van der Waals surface area contributed by atoms with E-state index >= 15 is 0 Å². The molecule has 2 heterocycles. The summed E-state index contributed by atoms with van der Waals surface area (Å²) in [6, 6.07) is 3.36. The van der Waals surface area contributed by atoms with Crippen molar-refractivity contribution in [3.63, 3.8) is 0 Å². The second-order valence-electron chi connectivity index (χ2n) is 4.60. The van der Waals surface area contributed by atoms with E-state index in [2.05, 4.69) is 10.3 Å². The van der Waals surface area contributed by atoms with Crippen LogP contribution in [0.4, 0.5) is 10.5 Å². The molecule has 0 aliphatic carbocycles. The zero-order valence-electron chi connectivity index (χ0n) is 11.0. The van der Waals surface area contributed by atoms with Crippen LogP contribution in [0.5, 0.6) is 5.88 Å². The number of carbonyl (C=O) groups excluding carboxylic acids is 1. The highest BCUT2D eigenvalue weighted by Gasteiger charge is 2.26. The van der Waals surface area contributed by atoms with Gasteiger partial charge in [0.1, 0.15) is 5.69 Å². The summed E-state index contributed by atoms with van der Waals surface area (Å²) in [5.74, 6) is 0.800. The summed E-state index contributed by atoms with van der Waals surface area (Å²) in [6.07, 6.45) is 3.31. The number of aliphatic hydroxyl groups is 1. The molecule has 1 aliphatic rings. The largest absolute Gasteiger partial charge is 0.480 e. The van der Waals surface area contributed by atoms with Gasteiger partial charge < -0.3 is 20.1 Å². The lowest BCUT2D eigenvalue weighted by atomic mass is 10.1. The molecule has 1 fully saturated rings. The highest BCUT2D eigenvalue weighted by molar-refractivity contribution is 5.90. The summed E-state index contributed by atoms with van der Waals surface area (Å²) in [4.78, 5) is 17.9. The number of nitrogens with one attached hydrogen (secondary N) is 1. The van der Waals surface area contributed by atoms with Gasteiger partial charge in [-0.1, -0.05) is 0 Å². The van der Waals surface area contributed by atoms with E-state index in [0.29, 0.717) is 24.0 Å². The minimum absolute atomic E-state index is 0.147. The molecule has 2 rings (SSSR count). The Labute approximate surface area is 112 Å². The number of aromatic nitrogens is 1. The minimum Gasteiger partial charge on any atom is -0.480 e. The molecule has 6 nitrogen and oxygen atoms in total. The first-order valence-corrected chi connectivity index (χ1v) is 6.40. The number of pyridine rings is 1. The van der Waals surface area contributed by atoms with Crippen LogP contribution in [0.2, 0.25) is 0 Å². The number of nitrogens with zero attached hydrogens (tertiary/aromatic N) is 2. The zero-order chi connectivity index (χ0) is 13.7. The van der Waals surface area contributed by atoms with Crippen LogP contribution in [0.15, 0.2) is 18.3 Å². The number of likely N-dealkylation sites (tertiary alicyclic amines) is 1. The van der Waals surface area contributed by atoms with E-state index < -0.39 is 0 Å². The van der Waals surface area contributed by atoms with Gasteiger partial charge in [-0.2, -0.15) is 0 Å². The van der Waals surface area contributed by atoms with Crippen LogP contribution in [-0.4, -0.2) is 47.8 Å². The fraction of sp³-hybridized carbons (Fsp3) is 0.538. The molecule has 0 radical (unpaired) electrons. The number of ether oxygens (including phenoxy) is 1. The van der Waals surface area contributed by atoms with E-state index in [1.54, 1.807) is 23.2 Å². The summed E-state index contributed by atoms with van der Waals surface area (Å²) < 4.78 is 5.09. The number of rotatable bonds is 4. The monoisotopic (exact) mass is 265 g/mol. The Morgan fingerprint density at radius 3 is 3.26 bits per heavy atom. The summed E-state index contributed by atoms with van der Waals surface area (Å²) in [5, 5.41) is 11.7. The maximum Gasteiger partial charge on any atom is 0.322 e. The van der Waals surface area contributed by atoms with Crippen molar-refractivity contribution in [2.75, 3.05) is 32.1 Å². The molecule has 1 aliphatic heterocycles. The van der Waals surface area contributed by atoms with E-state index in [9.17, 15) is 4.79 Å². The van der Waals surface area contributed by atoms with E-state index in [1.807, 2.05) is 0 Å². The van der Waals surface area contributed by atoms with Gasteiger partial charge in [0.15, 0.2) is 0 Å². The summed E-state index contributed by atoms with van der Waals surface area (Å²) >= 11 is 0. The van der Waals surface area contributed by atoms with Gasteiger partial charge in [-0.15, -0.1) is 0 Å². The second kappa shape index (κ2) is 6.38. The van der Waals surface area contributed by atoms with Crippen LogP contribution < -0.4 is 10.1 Å². The van der Waals surface area contributed by atoms with Crippen molar-refractivity contribution < 1.29 is 14.6 Å². The van der Waals surface area contributed by atoms with Gasteiger partial charge >= 0.3 is 6.03 Å². The lowest BCUT2D eigenvalue weighted by molar-refractivity contribution is 0.217. The van der Waals surface area contributed by atoms with Crippen molar-refractivity contribution in [3.8, 4) is 5.88 Å². The molecular formula is C13H19N3O3. The Balaban J connectivity index is 1.94. The molecule has 6 heteroatoms. The Morgan fingerprint density at radius 1 is 1.68 bits per heavy atom. The normalized spacial score (nSPS) is 18.4. The average molecular weight is 265 g/mol. The van der Waals surface area contributed by atoms with E-state index in [1.165, 1.54) is 7.11 Å². The van der Waals surface area contributed by atoms with Gasteiger partial charge in [-0.05, 0) is 30.9 Å². The molecule has 1 saturated heterocycles. The summed E-state index contributed by atoms with van der Waals surface area (Å²) in [6.45, 7) is 1.59. The highest BCUT2D eigenvalue weighted by atomic mass is 16.5. The molecule has 1 aromatic rings. The first-order valence-electron chi connectivity index (χ1n) is 6.40. The van der Waals surface area contributed by atoms with Crippen molar-refractivity contribution in [3.05, 3.63) is 18.3 Å². The van der Waals surface area contributed by atoms with Crippen molar-refractivity contribution in [2.24, 2.45) is 5.92 Å². The number of aliphatic hydroxyl groups excluding tert-OH is 1. The number of anilines is 1. The van der Waals surface area contributed by atoms with Crippen LogP contribution >= 0.6 is 0 Å². The Hall–Kier alpha value is -1.82. The van der Waals surface area contributed by atoms with Crippen molar-refractivity contribution in [1.29, 1.82) is 0 Å². The maximum absolute atomic E-state index is 12.1. The third-order valence-electron chi connectivity index (χ3n) is 3.32. The predicted octanol–water partition coefficient (Wildman–Crippen LogP) is 1.33. The molecule has 1 atom stereocenters. The number of carbonyl (C=O) groups is 1. The van der Waals surface area contributed by atoms with Crippen molar-refractivity contribution in [2.45, 2.75) is 12.8 Å². The number of urea groups is 1.